The van der Waals surface area contributed by atoms with Crippen molar-refractivity contribution in [3.8, 4) is 0 Å². The zero-order valence-corrected chi connectivity index (χ0v) is 11.8. The lowest BCUT2D eigenvalue weighted by molar-refractivity contribution is -0.119. The molecular weight excluding hydrogens is 266 g/mol. The third kappa shape index (κ3) is 2.63. The zero-order chi connectivity index (χ0) is 14.8. The van der Waals surface area contributed by atoms with Crippen molar-refractivity contribution in [2.45, 2.75) is 31.7 Å². The molecule has 2 aromatic rings. The summed E-state index contributed by atoms with van der Waals surface area (Å²) < 4.78 is 0. The quantitative estimate of drug-likeness (QED) is 0.901. The average Bonchev–Trinajstić information content (AvgIpc) is 3.13. The van der Waals surface area contributed by atoms with E-state index in [2.05, 4.69) is 4.98 Å². The number of para-hydroxylation sites is 1. The number of carbonyl (C=O) groups is 2. The maximum Gasteiger partial charge on any atom is 0.256 e. The van der Waals surface area contributed by atoms with Gasteiger partial charge in [0.2, 0.25) is 5.91 Å². The van der Waals surface area contributed by atoms with E-state index >= 15 is 0 Å². The van der Waals surface area contributed by atoms with E-state index in [9.17, 15) is 9.59 Å². The van der Waals surface area contributed by atoms with Gasteiger partial charge in [0.1, 0.15) is 0 Å². The highest BCUT2D eigenvalue weighted by atomic mass is 16.2. The lowest BCUT2D eigenvalue weighted by Crippen LogP contribution is -2.44. The number of carbonyl (C=O) groups excluding carboxylic acids is 2. The molecule has 0 spiro atoms. The molecule has 1 aliphatic rings. The number of hydrogen-bond donors (Lipinski definition) is 2. The van der Waals surface area contributed by atoms with Crippen LogP contribution < -0.4 is 5.73 Å². The van der Waals surface area contributed by atoms with Crippen LogP contribution in [0.5, 0.6) is 0 Å². The number of rotatable bonds is 4. The summed E-state index contributed by atoms with van der Waals surface area (Å²) in [5.41, 5.74) is 6.75. The first-order valence-corrected chi connectivity index (χ1v) is 7.32. The maximum atomic E-state index is 12.9. The molecule has 3 rings (SSSR count). The van der Waals surface area contributed by atoms with Crippen molar-refractivity contribution in [3.63, 3.8) is 0 Å². The van der Waals surface area contributed by atoms with Crippen LogP contribution in [0.15, 0.2) is 30.5 Å². The molecule has 3 N–H and O–H groups in total. The standard InChI is InChI=1S/C16H19N3O2/c17-14(20)10-19(12-5-1-2-6-12)16(21)13-7-3-4-11-8-9-18-15(11)13/h3-4,7-9,12,18H,1-2,5-6,10H2,(H2,17,20). The van der Waals surface area contributed by atoms with Crippen LogP contribution in [0.4, 0.5) is 0 Å². The van der Waals surface area contributed by atoms with Crippen LogP contribution in [0.3, 0.4) is 0 Å². The normalized spacial score (nSPS) is 15.4. The Kier molecular flexibility index (Phi) is 3.64. The summed E-state index contributed by atoms with van der Waals surface area (Å²) in [6.07, 6.45) is 5.90. The van der Waals surface area contributed by atoms with Gasteiger partial charge in [0.05, 0.1) is 17.6 Å². The minimum absolute atomic E-state index is 0.0133. The molecule has 1 saturated carbocycles. The number of fused-ring (bicyclic) bond motifs is 1. The molecular formula is C16H19N3O2. The van der Waals surface area contributed by atoms with Crippen LogP contribution in [0, 0.1) is 0 Å². The molecule has 1 heterocycles. The Labute approximate surface area is 123 Å². The van der Waals surface area contributed by atoms with Gasteiger partial charge < -0.3 is 15.6 Å². The fourth-order valence-corrected chi connectivity index (χ4v) is 3.17. The Morgan fingerprint density at radius 2 is 2.00 bits per heavy atom. The number of benzene rings is 1. The number of amides is 2. The summed E-state index contributed by atoms with van der Waals surface area (Å²) in [5, 5.41) is 0.992. The molecule has 0 atom stereocenters. The molecule has 5 heteroatoms. The Bertz CT molecular complexity index is 671. The summed E-state index contributed by atoms with van der Waals surface area (Å²) in [4.78, 5) is 29.0. The van der Waals surface area contributed by atoms with E-state index < -0.39 is 5.91 Å². The number of hydrogen-bond acceptors (Lipinski definition) is 2. The van der Waals surface area contributed by atoms with Crippen molar-refractivity contribution in [1.82, 2.24) is 9.88 Å². The second-order valence-corrected chi connectivity index (χ2v) is 5.59. The number of aromatic nitrogens is 1. The van der Waals surface area contributed by atoms with E-state index in [1.54, 1.807) is 11.0 Å². The van der Waals surface area contributed by atoms with Crippen molar-refractivity contribution in [1.29, 1.82) is 0 Å². The summed E-state index contributed by atoms with van der Waals surface area (Å²) in [6, 6.07) is 7.66. The van der Waals surface area contributed by atoms with Gasteiger partial charge in [0, 0.05) is 17.6 Å². The van der Waals surface area contributed by atoms with Crippen LogP contribution in [0.1, 0.15) is 36.0 Å². The van der Waals surface area contributed by atoms with E-state index in [-0.39, 0.29) is 18.5 Å². The van der Waals surface area contributed by atoms with Crippen LogP contribution in [-0.4, -0.2) is 34.3 Å². The van der Waals surface area contributed by atoms with E-state index in [0.717, 1.165) is 36.6 Å². The van der Waals surface area contributed by atoms with E-state index in [1.165, 1.54) is 0 Å². The van der Waals surface area contributed by atoms with Gasteiger partial charge >= 0.3 is 0 Å². The van der Waals surface area contributed by atoms with Crippen LogP contribution >= 0.6 is 0 Å². The SMILES string of the molecule is NC(=O)CN(C(=O)c1cccc2cc[nH]c12)C1CCCC1. The van der Waals surface area contributed by atoms with Gasteiger partial charge in [0.25, 0.3) is 5.91 Å². The second-order valence-electron chi connectivity index (χ2n) is 5.59. The van der Waals surface area contributed by atoms with Crippen LogP contribution in [-0.2, 0) is 4.79 Å². The first kappa shape index (κ1) is 13.7. The predicted octanol–water partition coefficient (Wildman–Crippen LogP) is 2.04. The van der Waals surface area contributed by atoms with E-state index in [0.29, 0.717) is 5.56 Å². The Hall–Kier alpha value is -2.30. The highest BCUT2D eigenvalue weighted by Crippen LogP contribution is 2.26. The van der Waals surface area contributed by atoms with Gasteiger partial charge in [-0.05, 0) is 25.0 Å². The van der Waals surface area contributed by atoms with Crippen molar-refractivity contribution >= 4 is 22.7 Å². The minimum Gasteiger partial charge on any atom is -0.368 e. The number of nitrogens with zero attached hydrogens (tertiary/aromatic N) is 1. The third-order valence-corrected chi connectivity index (χ3v) is 4.17. The zero-order valence-electron chi connectivity index (χ0n) is 11.8. The Balaban J connectivity index is 1.96. The highest BCUT2D eigenvalue weighted by molar-refractivity contribution is 6.06. The minimum atomic E-state index is -0.464. The molecule has 0 aliphatic heterocycles. The van der Waals surface area contributed by atoms with Crippen LogP contribution in [0.25, 0.3) is 10.9 Å². The van der Waals surface area contributed by atoms with Crippen molar-refractivity contribution in [2.75, 3.05) is 6.54 Å². The lowest BCUT2D eigenvalue weighted by Gasteiger charge is -2.28. The third-order valence-electron chi connectivity index (χ3n) is 4.17. The topological polar surface area (TPSA) is 79.2 Å². The molecule has 0 radical (unpaired) electrons. The number of primary amides is 1. The molecule has 110 valence electrons. The number of nitrogens with one attached hydrogen (secondary N) is 1. The number of aromatic amines is 1. The first-order chi connectivity index (χ1) is 10.2. The van der Waals surface area contributed by atoms with Crippen LogP contribution in [0.2, 0.25) is 0 Å². The molecule has 0 saturated heterocycles. The molecule has 2 amide bonds. The van der Waals surface area contributed by atoms with Crippen molar-refractivity contribution in [3.05, 3.63) is 36.0 Å². The van der Waals surface area contributed by atoms with Gasteiger partial charge in [-0.1, -0.05) is 25.0 Å². The summed E-state index contributed by atoms with van der Waals surface area (Å²) >= 11 is 0. The molecule has 0 bridgehead atoms. The molecule has 1 fully saturated rings. The second kappa shape index (κ2) is 5.60. The monoisotopic (exact) mass is 285 g/mol. The fraction of sp³-hybridized carbons (Fsp3) is 0.375. The Morgan fingerprint density at radius 1 is 1.24 bits per heavy atom. The summed E-state index contributed by atoms with van der Waals surface area (Å²) in [7, 11) is 0. The first-order valence-electron chi connectivity index (χ1n) is 7.32. The molecule has 1 aromatic heterocycles. The van der Waals surface area contributed by atoms with Gasteiger partial charge in [-0.2, -0.15) is 0 Å². The van der Waals surface area contributed by atoms with E-state index in [4.69, 9.17) is 5.73 Å². The summed E-state index contributed by atoms with van der Waals surface area (Å²) in [6.45, 7) is -0.0133. The predicted molar refractivity (Wildman–Crippen MR) is 80.8 cm³/mol. The molecule has 1 aromatic carbocycles. The number of nitrogens with two attached hydrogens (primary N) is 1. The number of H-pyrrole nitrogens is 1. The van der Waals surface area contributed by atoms with Crippen molar-refractivity contribution < 1.29 is 9.59 Å². The largest absolute Gasteiger partial charge is 0.368 e. The summed E-state index contributed by atoms with van der Waals surface area (Å²) in [5.74, 6) is -0.581. The average molecular weight is 285 g/mol. The highest BCUT2D eigenvalue weighted by Gasteiger charge is 2.29. The smallest absolute Gasteiger partial charge is 0.256 e. The fourth-order valence-electron chi connectivity index (χ4n) is 3.17. The molecule has 0 unspecified atom stereocenters. The van der Waals surface area contributed by atoms with Crippen molar-refractivity contribution in [2.24, 2.45) is 5.73 Å². The molecule has 21 heavy (non-hydrogen) atoms. The lowest BCUT2D eigenvalue weighted by atomic mass is 10.1. The van der Waals surface area contributed by atoms with Gasteiger partial charge in [-0.3, -0.25) is 9.59 Å². The maximum absolute atomic E-state index is 12.9. The van der Waals surface area contributed by atoms with E-state index in [1.807, 2.05) is 24.4 Å². The molecule has 5 nitrogen and oxygen atoms in total. The van der Waals surface area contributed by atoms with Gasteiger partial charge in [-0.25, -0.2) is 0 Å². The Morgan fingerprint density at radius 3 is 2.71 bits per heavy atom. The van der Waals surface area contributed by atoms with Gasteiger partial charge in [-0.15, -0.1) is 0 Å². The molecule has 1 aliphatic carbocycles. The van der Waals surface area contributed by atoms with Gasteiger partial charge in [0.15, 0.2) is 0 Å².